The molecule has 1 aromatic heterocycles. The van der Waals surface area contributed by atoms with Crippen molar-refractivity contribution in [2.75, 3.05) is 13.1 Å². The number of aromatic nitrogens is 2. The zero-order chi connectivity index (χ0) is 21.8. The van der Waals surface area contributed by atoms with Gasteiger partial charge in [-0.05, 0) is 37.5 Å². The molecule has 1 aliphatic heterocycles. The largest absolute Gasteiger partial charge is 0.347 e. The summed E-state index contributed by atoms with van der Waals surface area (Å²) in [6.45, 7) is 2.62. The van der Waals surface area contributed by atoms with Crippen molar-refractivity contribution in [3.8, 4) is 11.4 Å². The van der Waals surface area contributed by atoms with Crippen LogP contribution in [0.4, 0.5) is 0 Å². The SMILES string of the molecule is Cc1ccccc1-c1noc(CNC(=O)C2CCCN(S(=O)(=O)c3ccccc3)C2)n1. The maximum absolute atomic E-state index is 12.9. The molecule has 0 saturated carbocycles. The second kappa shape index (κ2) is 8.99. The van der Waals surface area contributed by atoms with E-state index in [-0.39, 0.29) is 23.9 Å². The Kier molecular flexibility index (Phi) is 6.15. The summed E-state index contributed by atoms with van der Waals surface area (Å²) in [4.78, 5) is 17.3. The molecule has 1 saturated heterocycles. The van der Waals surface area contributed by atoms with E-state index in [1.54, 1.807) is 30.3 Å². The van der Waals surface area contributed by atoms with Crippen molar-refractivity contribution < 1.29 is 17.7 Å². The van der Waals surface area contributed by atoms with Crippen molar-refractivity contribution in [3.05, 3.63) is 66.1 Å². The fourth-order valence-corrected chi connectivity index (χ4v) is 5.23. The van der Waals surface area contributed by atoms with Crippen LogP contribution in [0.15, 0.2) is 64.0 Å². The van der Waals surface area contributed by atoms with E-state index in [1.807, 2.05) is 31.2 Å². The van der Waals surface area contributed by atoms with E-state index in [0.717, 1.165) is 11.1 Å². The molecular weight excluding hydrogens is 416 g/mol. The molecule has 9 heteroatoms. The maximum atomic E-state index is 12.9. The van der Waals surface area contributed by atoms with Crippen molar-refractivity contribution in [3.63, 3.8) is 0 Å². The van der Waals surface area contributed by atoms with Gasteiger partial charge < -0.3 is 9.84 Å². The van der Waals surface area contributed by atoms with Gasteiger partial charge in [-0.25, -0.2) is 8.42 Å². The Labute approximate surface area is 181 Å². The molecule has 1 unspecified atom stereocenters. The third-order valence-electron chi connectivity index (χ3n) is 5.40. The molecule has 31 heavy (non-hydrogen) atoms. The number of piperidine rings is 1. The zero-order valence-electron chi connectivity index (χ0n) is 17.2. The second-order valence-electron chi connectivity index (χ2n) is 7.56. The van der Waals surface area contributed by atoms with Crippen LogP contribution in [0.2, 0.25) is 0 Å². The number of nitrogens with zero attached hydrogens (tertiary/aromatic N) is 3. The number of nitrogens with one attached hydrogen (secondary N) is 1. The third kappa shape index (κ3) is 4.67. The number of hydrogen-bond donors (Lipinski definition) is 1. The van der Waals surface area contributed by atoms with E-state index in [9.17, 15) is 13.2 Å². The summed E-state index contributed by atoms with van der Waals surface area (Å²) in [5, 5.41) is 6.79. The lowest BCUT2D eigenvalue weighted by Gasteiger charge is -2.31. The summed E-state index contributed by atoms with van der Waals surface area (Å²) in [6, 6.07) is 16.0. The Morgan fingerprint density at radius 3 is 2.68 bits per heavy atom. The molecule has 1 aliphatic rings. The molecule has 3 aromatic rings. The average Bonchev–Trinajstić information content (AvgIpc) is 3.27. The molecule has 1 atom stereocenters. The fraction of sp³-hybridized carbons (Fsp3) is 0.318. The minimum Gasteiger partial charge on any atom is -0.347 e. The summed E-state index contributed by atoms with van der Waals surface area (Å²) in [6.07, 6.45) is 1.26. The molecule has 2 heterocycles. The number of aryl methyl sites for hydroxylation is 1. The van der Waals surface area contributed by atoms with E-state index in [4.69, 9.17) is 4.52 Å². The molecule has 1 amide bonds. The Bertz CT molecular complexity index is 1160. The molecule has 0 spiro atoms. The Morgan fingerprint density at radius 1 is 1.16 bits per heavy atom. The Hall–Kier alpha value is -3.04. The predicted molar refractivity (Wildman–Crippen MR) is 114 cm³/mol. The smallest absolute Gasteiger partial charge is 0.246 e. The van der Waals surface area contributed by atoms with Crippen molar-refractivity contribution in [1.29, 1.82) is 0 Å². The van der Waals surface area contributed by atoms with Gasteiger partial charge in [-0.1, -0.05) is 47.6 Å². The number of benzene rings is 2. The monoisotopic (exact) mass is 440 g/mol. The summed E-state index contributed by atoms with van der Waals surface area (Å²) in [7, 11) is -3.61. The van der Waals surface area contributed by atoms with Crippen LogP contribution >= 0.6 is 0 Å². The van der Waals surface area contributed by atoms with Crippen molar-refractivity contribution in [1.82, 2.24) is 19.8 Å². The number of carbonyl (C=O) groups excluding carboxylic acids is 1. The molecule has 1 fully saturated rings. The highest BCUT2D eigenvalue weighted by atomic mass is 32.2. The van der Waals surface area contributed by atoms with E-state index in [0.29, 0.717) is 31.1 Å². The van der Waals surface area contributed by atoms with Crippen LogP contribution in [-0.2, 0) is 21.4 Å². The summed E-state index contributed by atoms with van der Waals surface area (Å²) < 4.78 is 32.4. The first-order chi connectivity index (χ1) is 14.9. The van der Waals surface area contributed by atoms with E-state index >= 15 is 0 Å². The highest BCUT2D eigenvalue weighted by Gasteiger charge is 2.33. The van der Waals surface area contributed by atoms with Crippen LogP contribution in [0.3, 0.4) is 0 Å². The van der Waals surface area contributed by atoms with Gasteiger partial charge in [-0.2, -0.15) is 9.29 Å². The van der Waals surface area contributed by atoms with Gasteiger partial charge in [0.05, 0.1) is 17.4 Å². The number of amides is 1. The van der Waals surface area contributed by atoms with Crippen LogP contribution in [0, 0.1) is 12.8 Å². The summed E-state index contributed by atoms with van der Waals surface area (Å²) >= 11 is 0. The zero-order valence-corrected chi connectivity index (χ0v) is 18.0. The van der Waals surface area contributed by atoms with Gasteiger partial charge in [0.25, 0.3) is 0 Å². The first-order valence-electron chi connectivity index (χ1n) is 10.2. The topological polar surface area (TPSA) is 105 Å². The Morgan fingerprint density at radius 2 is 1.90 bits per heavy atom. The standard InChI is InChI=1S/C22H24N4O4S/c1-16-8-5-6-12-19(16)21-24-20(30-25-21)14-23-22(27)17-9-7-13-26(15-17)31(28,29)18-10-3-2-4-11-18/h2-6,8,10-12,17H,7,9,13-15H2,1H3,(H,23,27). The fourth-order valence-electron chi connectivity index (χ4n) is 3.68. The molecule has 1 N–H and O–H groups in total. The average molecular weight is 441 g/mol. The lowest BCUT2D eigenvalue weighted by Crippen LogP contribution is -2.45. The van der Waals surface area contributed by atoms with Crippen molar-refractivity contribution in [2.45, 2.75) is 31.2 Å². The third-order valence-corrected chi connectivity index (χ3v) is 7.28. The first kappa shape index (κ1) is 21.2. The molecular formula is C22H24N4O4S. The highest BCUT2D eigenvalue weighted by Crippen LogP contribution is 2.24. The Balaban J connectivity index is 1.38. The minimum absolute atomic E-state index is 0.0969. The van der Waals surface area contributed by atoms with Gasteiger partial charge in [-0.3, -0.25) is 4.79 Å². The van der Waals surface area contributed by atoms with Crippen LogP contribution in [0.1, 0.15) is 24.3 Å². The minimum atomic E-state index is -3.61. The van der Waals surface area contributed by atoms with Crippen LogP contribution < -0.4 is 5.32 Å². The summed E-state index contributed by atoms with van der Waals surface area (Å²) in [5.74, 6) is 0.130. The maximum Gasteiger partial charge on any atom is 0.246 e. The van der Waals surface area contributed by atoms with Gasteiger partial charge in [0, 0.05) is 18.7 Å². The lowest BCUT2D eigenvalue weighted by molar-refractivity contribution is -0.126. The van der Waals surface area contributed by atoms with E-state index in [1.165, 1.54) is 4.31 Å². The molecule has 0 bridgehead atoms. The second-order valence-corrected chi connectivity index (χ2v) is 9.50. The predicted octanol–water partition coefficient (Wildman–Crippen LogP) is 2.76. The molecule has 8 nitrogen and oxygen atoms in total. The number of hydrogen-bond acceptors (Lipinski definition) is 6. The molecule has 0 radical (unpaired) electrons. The van der Waals surface area contributed by atoms with E-state index in [2.05, 4.69) is 15.5 Å². The number of sulfonamides is 1. The summed E-state index contributed by atoms with van der Waals surface area (Å²) in [5.41, 5.74) is 1.90. The van der Waals surface area contributed by atoms with Crippen LogP contribution in [-0.4, -0.2) is 41.9 Å². The molecule has 4 rings (SSSR count). The number of carbonyl (C=O) groups is 1. The van der Waals surface area contributed by atoms with Crippen molar-refractivity contribution in [2.24, 2.45) is 5.92 Å². The van der Waals surface area contributed by atoms with Crippen LogP contribution in [0.5, 0.6) is 0 Å². The molecule has 162 valence electrons. The molecule has 0 aliphatic carbocycles. The van der Waals surface area contributed by atoms with Gasteiger partial charge in [-0.15, -0.1) is 0 Å². The van der Waals surface area contributed by atoms with Gasteiger partial charge in [0.2, 0.25) is 27.6 Å². The van der Waals surface area contributed by atoms with Gasteiger partial charge in [0.15, 0.2) is 0 Å². The van der Waals surface area contributed by atoms with Gasteiger partial charge in [0.1, 0.15) is 0 Å². The van der Waals surface area contributed by atoms with Crippen molar-refractivity contribution >= 4 is 15.9 Å². The molecule has 2 aromatic carbocycles. The number of rotatable bonds is 6. The van der Waals surface area contributed by atoms with Gasteiger partial charge >= 0.3 is 0 Å². The normalized spacial score (nSPS) is 17.4. The van der Waals surface area contributed by atoms with Crippen LogP contribution in [0.25, 0.3) is 11.4 Å². The first-order valence-corrected chi connectivity index (χ1v) is 11.6. The lowest BCUT2D eigenvalue weighted by atomic mass is 9.99. The quantitative estimate of drug-likeness (QED) is 0.632. The van der Waals surface area contributed by atoms with E-state index < -0.39 is 15.9 Å². The highest BCUT2D eigenvalue weighted by molar-refractivity contribution is 7.89.